The number of anilines is 1. The van der Waals surface area contributed by atoms with Gasteiger partial charge in [-0.05, 0) is 18.9 Å². The number of carbonyl (C=O) groups excluding carboxylic acids is 1. The van der Waals surface area contributed by atoms with E-state index in [2.05, 4.69) is 14.9 Å². The Morgan fingerprint density at radius 3 is 2.59 bits per heavy atom. The first-order chi connectivity index (χ1) is 15.4. The van der Waals surface area contributed by atoms with Crippen LogP contribution in [0.5, 0.6) is 5.75 Å². The van der Waals surface area contributed by atoms with E-state index in [9.17, 15) is 13.2 Å². The van der Waals surface area contributed by atoms with Crippen LogP contribution in [0.15, 0.2) is 21.6 Å². The third-order valence-corrected chi connectivity index (χ3v) is 7.77. The molecule has 4 rings (SSSR count). The van der Waals surface area contributed by atoms with Gasteiger partial charge in [0.05, 0.1) is 17.3 Å². The summed E-state index contributed by atoms with van der Waals surface area (Å²) in [4.78, 5) is 18.1. The maximum Gasteiger partial charge on any atom is 0.265 e. The Labute approximate surface area is 192 Å². The van der Waals surface area contributed by atoms with Crippen LogP contribution in [0.25, 0.3) is 0 Å². The molecule has 1 N–H and O–H groups in total. The van der Waals surface area contributed by atoms with E-state index in [0.29, 0.717) is 23.8 Å². The molecule has 1 fully saturated rings. The lowest BCUT2D eigenvalue weighted by molar-refractivity contribution is -0.121. The van der Waals surface area contributed by atoms with Gasteiger partial charge < -0.3 is 9.26 Å². The fourth-order valence-electron chi connectivity index (χ4n) is 4.08. The van der Waals surface area contributed by atoms with Crippen LogP contribution >= 0.6 is 11.6 Å². The van der Waals surface area contributed by atoms with E-state index >= 15 is 0 Å². The number of sulfonamides is 1. The molecule has 2 aliphatic rings. The Kier molecular flexibility index (Phi) is 7.02. The number of nitrogens with zero attached hydrogens (tertiary/aromatic N) is 3. The monoisotopic (exact) mass is 482 g/mol. The molecule has 1 saturated carbocycles. The highest BCUT2D eigenvalue weighted by Gasteiger charge is 2.31. The van der Waals surface area contributed by atoms with Gasteiger partial charge in [0, 0.05) is 18.5 Å². The zero-order valence-corrected chi connectivity index (χ0v) is 19.5. The van der Waals surface area contributed by atoms with E-state index < -0.39 is 10.0 Å². The molecule has 0 unspecified atom stereocenters. The smallest absolute Gasteiger partial charge is 0.265 e. The predicted octanol–water partition coefficient (Wildman–Crippen LogP) is 3.60. The molecule has 0 radical (unpaired) electrons. The number of amides is 1. The lowest BCUT2D eigenvalue weighted by Crippen LogP contribution is -2.39. The summed E-state index contributed by atoms with van der Waals surface area (Å²) < 4.78 is 39.7. The number of nitrogens with one attached hydrogen (secondary N) is 1. The summed E-state index contributed by atoms with van der Waals surface area (Å²) in [5.74, 6) is 0.786. The summed E-state index contributed by atoms with van der Waals surface area (Å²) in [6.07, 6.45) is 7.65. The van der Waals surface area contributed by atoms with Gasteiger partial charge in [0.15, 0.2) is 12.4 Å². The second kappa shape index (κ2) is 9.76. The average molecular weight is 483 g/mol. The van der Waals surface area contributed by atoms with Crippen molar-refractivity contribution in [3.63, 3.8) is 0 Å². The number of hydrogen-bond donors (Lipinski definition) is 1. The van der Waals surface area contributed by atoms with Gasteiger partial charge >= 0.3 is 0 Å². The first-order valence-electron chi connectivity index (χ1n) is 11.0. The molecular weight excluding hydrogens is 456 g/mol. The van der Waals surface area contributed by atoms with Crippen molar-refractivity contribution in [2.24, 2.45) is 0 Å². The third kappa shape index (κ3) is 5.07. The highest BCUT2D eigenvalue weighted by atomic mass is 35.5. The summed E-state index contributed by atoms with van der Waals surface area (Å²) in [5.41, 5.74) is 0.374. The van der Waals surface area contributed by atoms with E-state index in [1.807, 2.05) is 6.92 Å². The van der Waals surface area contributed by atoms with E-state index in [1.165, 1.54) is 23.5 Å². The van der Waals surface area contributed by atoms with Crippen molar-refractivity contribution in [3.05, 3.63) is 28.9 Å². The van der Waals surface area contributed by atoms with Crippen molar-refractivity contribution in [2.75, 3.05) is 11.5 Å². The first kappa shape index (κ1) is 23.0. The minimum Gasteiger partial charge on any atom is -0.482 e. The van der Waals surface area contributed by atoms with Gasteiger partial charge in [0.1, 0.15) is 10.6 Å². The number of ether oxygens (including phenoxy) is 1. The largest absolute Gasteiger partial charge is 0.482 e. The molecule has 0 saturated heterocycles. The number of hydrogen-bond acceptors (Lipinski definition) is 7. The molecule has 0 bridgehead atoms. The molecule has 2 aromatic rings. The van der Waals surface area contributed by atoms with E-state index in [0.717, 1.165) is 38.5 Å². The van der Waals surface area contributed by atoms with Crippen molar-refractivity contribution in [1.29, 1.82) is 0 Å². The van der Waals surface area contributed by atoms with E-state index in [4.69, 9.17) is 20.9 Å². The molecular formula is C21H27ClN4O5S. The minimum atomic E-state index is -3.85. The first-order valence-corrected chi connectivity index (χ1v) is 12.8. The second-order valence-electron chi connectivity index (χ2n) is 8.14. The van der Waals surface area contributed by atoms with Crippen LogP contribution in [0, 0.1) is 0 Å². The summed E-state index contributed by atoms with van der Waals surface area (Å²) in [7, 11) is -3.85. The summed E-state index contributed by atoms with van der Waals surface area (Å²) >= 11 is 6.40. The maximum atomic E-state index is 13.1. The van der Waals surface area contributed by atoms with Gasteiger partial charge in [0.2, 0.25) is 15.9 Å². The van der Waals surface area contributed by atoms with Crippen LogP contribution in [0.4, 0.5) is 5.69 Å². The Bertz CT molecular complexity index is 1080. The number of benzene rings is 1. The second-order valence-corrected chi connectivity index (χ2v) is 10.2. The molecule has 9 nitrogen and oxygen atoms in total. The molecule has 1 aromatic carbocycles. The van der Waals surface area contributed by atoms with Gasteiger partial charge in [-0.3, -0.25) is 9.69 Å². The third-order valence-electron chi connectivity index (χ3n) is 5.79. The number of aromatic nitrogens is 2. The van der Waals surface area contributed by atoms with Gasteiger partial charge in [0.25, 0.3) is 5.91 Å². The number of aryl methyl sites for hydroxylation is 1. The van der Waals surface area contributed by atoms with Crippen LogP contribution in [0.2, 0.25) is 5.02 Å². The molecule has 1 aliphatic heterocycles. The standard InChI is InChI=1S/C21H27ClN4O5S/c1-2-20-23-19(24-31-20)12-26-16-10-15(22)18(11-17(16)30-13-21(26)27)32(28,29)25-14-8-6-4-3-5-7-9-14/h10-11,14,25H,2-9,12-13H2,1H3. The Morgan fingerprint density at radius 2 is 1.91 bits per heavy atom. The highest BCUT2D eigenvalue weighted by Crippen LogP contribution is 2.39. The van der Waals surface area contributed by atoms with Gasteiger partial charge in [-0.25, -0.2) is 13.1 Å². The van der Waals surface area contributed by atoms with Crippen molar-refractivity contribution < 1.29 is 22.5 Å². The zero-order chi connectivity index (χ0) is 22.7. The SMILES string of the molecule is CCc1nc(CN2C(=O)COc3cc(S(=O)(=O)NC4CCCCCCC4)c(Cl)cc32)no1. The van der Waals surface area contributed by atoms with Crippen LogP contribution in [-0.4, -0.2) is 37.1 Å². The van der Waals surface area contributed by atoms with Gasteiger partial charge in [-0.15, -0.1) is 0 Å². The van der Waals surface area contributed by atoms with Gasteiger partial charge in [-0.2, -0.15) is 4.98 Å². The highest BCUT2D eigenvalue weighted by molar-refractivity contribution is 7.89. The van der Waals surface area contributed by atoms with Crippen LogP contribution in [-0.2, 0) is 27.8 Å². The number of carbonyl (C=O) groups is 1. The molecule has 1 aromatic heterocycles. The topological polar surface area (TPSA) is 115 Å². The van der Waals surface area contributed by atoms with Crippen molar-refractivity contribution in [3.8, 4) is 5.75 Å². The lowest BCUT2D eigenvalue weighted by Gasteiger charge is -2.29. The quantitative estimate of drug-likeness (QED) is 0.668. The summed E-state index contributed by atoms with van der Waals surface area (Å²) in [6.45, 7) is 1.74. The van der Waals surface area contributed by atoms with E-state index in [1.54, 1.807) is 0 Å². The number of fused-ring (bicyclic) bond motifs is 1. The minimum absolute atomic E-state index is 0.0211. The normalized spacial score (nSPS) is 18.1. The molecule has 1 amide bonds. The van der Waals surface area contributed by atoms with Crippen molar-refractivity contribution in [2.45, 2.75) is 75.8 Å². The fourth-order valence-corrected chi connectivity index (χ4v) is 5.92. The lowest BCUT2D eigenvalue weighted by atomic mass is 9.97. The Hall–Kier alpha value is -2.17. The fraction of sp³-hybridized carbons (Fsp3) is 0.571. The van der Waals surface area contributed by atoms with Gasteiger partial charge in [-0.1, -0.05) is 55.8 Å². The molecule has 32 heavy (non-hydrogen) atoms. The summed E-state index contributed by atoms with van der Waals surface area (Å²) in [5, 5.41) is 3.91. The van der Waals surface area contributed by atoms with E-state index in [-0.39, 0.29) is 40.8 Å². The maximum absolute atomic E-state index is 13.1. The number of rotatable bonds is 6. The molecule has 11 heteroatoms. The van der Waals surface area contributed by atoms with Crippen molar-refractivity contribution >= 4 is 33.2 Å². The molecule has 0 atom stereocenters. The molecule has 0 spiro atoms. The number of halogens is 1. The average Bonchev–Trinajstić information content (AvgIpc) is 3.19. The Morgan fingerprint density at radius 1 is 1.19 bits per heavy atom. The Balaban J connectivity index is 1.59. The van der Waals surface area contributed by atoms with Crippen LogP contribution in [0.3, 0.4) is 0 Å². The van der Waals surface area contributed by atoms with Crippen molar-refractivity contribution in [1.82, 2.24) is 14.9 Å². The molecule has 2 heterocycles. The molecule has 174 valence electrons. The predicted molar refractivity (Wildman–Crippen MR) is 118 cm³/mol. The molecule has 1 aliphatic carbocycles. The summed E-state index contributed by atoms with van der Waals surface area (Å²) in [6, 6.07) is 2.72. The van der Waals surface area contributed by atoms with Crippen LogP contribution < -0.4 is 14.4 Å². The zero-order valence-electron chi connectivity index (χ0n) is 18.0. The van der Waals surface area contributed by atoms with Crippen LogP contribution in [0.1, 0.15) is 63.6 Å².